The third-order valence-electron chi connectivity index (χ3n) is 4.82. The first-order chi connectivity index (χ1) is 13.8. The summed E-state index contributed by atoms with van der Waals surface area (Å²) in [5, 5.41) is 1.89. The quantitative estimate of drug-likeness (QED) is 0.722. The second kappa shape index (κ2) is 8.57. The zero-order chi connectivity index (χ0) is 21.0. The molecule has 5 heteroatoms. The average Bonchev–Trinajstić information content (AvgIpc) is 2.71. The monoisotopic (exact) mass is 392 g/mol. The molecule has 29 heavy (non-hydrogen) atoms. The fourth-order valence-electron chi connectivity index (χ4n) is 3.33. The Morgan fingerprint density at radius 3 is 2.21 bits per heavy atom. The molecule has 1 aliphatic rings. The topological polar surface area (TPSA) is 49.9 Å². The smallest absolute Gasteiger partial charge is 0.409 e. The summed E-state index contributed by atoms with van der Waals surface area (Å²) >= 11 is 0. The van der Waals surface area contributed by atoms with E-state index in [1.807, 2.05) is 36.4 Å². The third kappa shape index (κ3) is 4.89. The predicted molar refractivity (Wildman–Crippen MR) is 115 cm³/mol. The zero-order valence-corrected chi connectivity index (χ0v) is 17.6. The second-order valence-corrected chi connectivity index (χ2v) is 8.18. The van der Waals surface area contributed by atoms with Crippen molar-refractivity contribution in [3.8, 4) is 11.8 Å². The van der Waals surface area contributed by atoms with Gasteiger partial charge in [-0.2, -0.15) is 0 Å². The van der Waals surface area contributed by atoms with Crippen LogP contribution in [0.25, 0.3) is 10.8 Å². The molecule has 0 aromatic heterocycles. The molecular weight excluding hydrogens is 364 g/mol. The predicted octanol–water partition coefficient (Wildman–Crippen LogP) is 4.15. The van der Waals surface area contributed by atoms with Crippen LogP contribution in [-0.2, 0) is 4.74 Å². The van der Waals surface area contributed by atoms with Crippen LogP contribution < -0.4 is 0 Å². The van der Waals surface area contributed by atoms with Crippen molar-refractivity contribution in [3.63, 3.8) is 0 Å². The molecule has 0 bridgehead atoms. The van der Waals surface area contributed by atoms with Crippen molar-refractivity contribution in [2.75, 3.05) is 32.8 Å². The number of benzene rings is 2. The summed E-state index contributed by atoms with van der Waals surface area (Å²) in [5.41, 5.74) is 1.51. The highest BCUT2D eigenvalue weighted by Gasteiger charge is 2.26. The number of nitrogens with zero attached hydrogens (tertiary/aromatic N) is 2. The maximum atomic E-state index is 13.2. The number of carbonyl (C=O) groups excluding carboxylic acids is 2. The lowest BCUT2D eigenvalue weighted by atomic mass is 9.95. The third-order valence-corrected chi connectivity index (χ3v) is 4.82. The number of amides is 2. The Morgan fingerprint density at radius 2 is 1.59 bits per heavy atom. The van der Waals surface area contributed by atoms with Gasteiger partial charge in [0.1, 0.15) is 0 Å². The van der Waals surface area contributed by atoms with Crippen molar-refractivity contribution in [1.29, 1.82) is 0 Å². The largest absolute Gasteiger partial charge is 0.450 e. The standard InChI is InChI=1S/C24H28N2O3/c1-5-29-23(28)26-16-14-25(15-17-26)22(27)21-11-10-18(12-13-24(2,3)4)19-8-6-7-9-20(19)21/h6-11H,5,14-17H2,1-4H3. The normalized spacial score (nSPS) is 14.3. The number of fused-ring (bicyclic) bond motifs is 1. The number of hydrogen-bond acceptors (Lipinski definition) is 3. The van der Waals surface area contributed by atoms with Crippen molar-refractivity contribution < 1.29 is 14.3 Å². The van der Waals surface area contributed by atoms with E-state index >= 15 is 0 Å². The molecule has 1 saturated heterocycles. The van der Waals surface area contributed by atoms with Crippen LogP contribution in [0.1, 0.15) is 43.6 Å². The summed E-state index contributed by atoms with van der Waals surface area (Å²) in [5.74, 6) is 6.53. The maximum Gasteiger partial charge on any atom is 0.409 e. The first-order valence-electron chi connectivity index (χ1n) is 10.1. The van der Waals surface area contributed by atoms with Gasteiger partial charge in [-0.15, -0.1) is 0 Å². The van der Waals surface area contributed by atoms with Crippen LogP contribution in [0, 0.1) is 17.3 Å². The minimum absolute atomic E-state index is 0.0139. The molecule has 0 unspecified atom stereocenters. The summed E-state index contributed by atoms with van der Waals surface area (Å²) in [6, 6.07) is 11.7. The molecule has 0 aliphatic carbocycles. The van der Waals surface area contributed by atoms with E-state index in [1.165, 1.54) is 0 Å². The Balaban J connectivity index is 1.84. The lowest BCUT2D eigenvalue weighted by molar-refractivity contribution is 0.0572. The highest BCUT2D eigenvalue weighted by molar-refractivity contribution is 6.08. The van der Waals surface area contributed by atoms with Crippen molar-refractivity contribution >= 4 is 22.8 Å². The molecule has 0 saturated carbocycles. The van der Waals surface area contributed by atoms with Crippen LogP contribution in [-0.4, -0.2) is 54.6 Å². The Kier molecular flexibility index (Phi) is 6.12. The van der Waals surface area contributed by atoms with Crippen LogP contribution in [0.3, 0.4) is 0 Å². The molecular formula is C24H28N2O3. The molecule has 1 fully saturated rings. The minimum atomic E-state index is -0.313. The fourth-order valence-corrected chi connectivity index (χ4v) is 3.33. The van der Waals surface area contributed by atoms with E-state index in [-0.39, 0.29) is 17.4 Å². The molecule has 2 aromatic carbocycles. The van der Waals surface area contributed by atoms with Gasteiger partial charge >= 0.3 is 6.09 Å². The van der Waals surface area contributed by atoms with Gasteiger partial charge < -0.3 is 14.5 Å². The highest BCUT2D eigenvalue weighted by Crippen LogP contribution is 2.25. The van der Waals surface area contributed by atoms with Gasteiger partial charge in [-0.1, -0.05) is 36.1 Å². The molecule has 0 radical (unpaired) electrons. The number of hydrogen-bond donors (Lipinski definition) is 0. The lowest BCUT2D eigenvalue weighted by Gasteiger charge is -2.34. The van der Waals surface area contributed by atoms with Gasteiger partial charge in [0.05, 0.1) is 6.61 Å². The van der Waals surface area contributed by atoms with Crippen LogP contribution in [0.2, 0.25) is 0 Å². The summed E-state index contributed by atoms with van der Waals surface area (Å²) in [7, 11) is 0. The summed E-state index contributed by atoms with van der Waals surface area (Å²) in [6.45, 7) is 10.3. The molecule has 0 spiro atoms. The first kappa shape index (κ1) is 20.7. The van der Waals surface area contributed by atoms with Crippen molar-refractivity contribution in [2.45, 2.75) is 27.7 Å². The van der Waals surface area contributed by atoms with Crippen LogP contribution in [0.4, 0.5) is 4.79 Å². The van der Waals surface area contributed by atoms with E-state index in [4.69, 9.17) is 4.74 Å². The van der Waals surface area contributed by atoms with Crippen molar-refractivity contribution in [2.24, 2.45) is 5.41 Å². The molecule has 0 N–H and O–H groups in total. The van der Waals surface area contributed by atoms with Crippen LogP contribution in [0.5, 0.6) is 0 Å². The molecule has 5 nitrogen and oxygen atoms in total. The van der Waals surface area contributed by atoms with Crippen LogP contribution >= 0.6 is 0 Å². The Labute approximate surface area is 172 Å². The van der Waals surface area contributed by atoms with Gasteiger partial charge in [0.2, 0.25) is 0 Å². The average molecular weight is 392 g/mol. The zero-order valence-electron chi connectivity index (χ0n) is 17.6. The van der Waals surface area contributed by atoms with Crippen molar-refractivity contribution in [3.05, 3.63) is 47.5 Å². The van der Waals surface area contributed by atoms with Gasteiger partial charge in [-0.3, -0.25) is 4.79 Å². The van der Waals surface area contributed by atoms with E-state index in [2.05, 4.69) is 32.6 Å². The summed E-state index contributed by atoms with van der Waals surface area (Å²) in [4.78, 5) is 28.5. The Bertz CT molecular complexity index is 971. The van der Waals surface area contributed by atoms with E-state index in [1.54, 1.807) is 16.7 Å². The minimum Gasteiger partial charge on any atom is -0.450 e. The van der Waals surface area contributed by atoms with Crippen LogP contribution in [0.15, 0.2) is 36.4 Å². The molecule has 0 atom stereocenters. The molecule has 152 valence electrons. The van der Waals surface area contributed by atoms with Gasteiger partial charge in [0.15, 0.2) is 0 Å². The number of ether oxygens (including phenoxy) is 1. The van der Waals surface area contributed by atoms with Gasteiger partial charge in [0, 0.05) is 42.7 Å². The molecule has 3 rings (SSSR count). The Morgan fingerprint density at radius 1 is 0.966 bits per heavy atom. The highest BCUT2D eigenvalue weighted by atomic mass is 16.6. The summed E-state index contributed by atoms with van der Waals surface area (Å²) in [6.07, 6.45) is -0.313. The van der Waals surface area contributed by atoms with E-state index in [0.717, 1.165) is 16.3 Å². The molecule has 1 aliphatic heterocycles. The van der Waals surface area contributed by atoms with E-state index in [0.29, 0.717) is 38.3 Å². The SMILES string of the molecule is CCOC(=O)N1CCN(C(=O)c2ccc(C#CC(C)(C)C)c3ccccc23)CC1. The first-order valence-corrected chi connectivity index (χ1v) is 10.1. The number of piperazine rings is 1. The fraction of sp³-hybridized carbons (Fsp3) is 0.417. The lowest BCUT2D eigenvalue weighted by Crippen LogP contribution is -2.50. The second-order valence-electron chi connectivity index (χ2n) is 8.18. The number of carbonyl (C=O) groups is 2. The number of rotatable bonds is 2. The van der Waals surface area contributed by atoms with Gasteiger partial charge in [0.25, 0.3) is 5.91 Å². The Hall–Kier alpha value is -3.00. The van der Waals surface area contributed by atoms with Gasteiger partial charge in [-0.25, -0.2) is 4.79 Å². The van der Waals surface area contributed by atoms with Gasteiger partial charge in [-0.05, 0) is 50.6 Å². The molecule has 2 aromatic rings. The van der Waals surface area contributed by atoms with Crippen molar-refractivity contribution in [1.82, 2.24) is 9.80 Å². The molecule has 2 amide bonds. The summed E-state index contributed by atoms with van der Waals surface area (Å²) < 4.78 is 5.05. The van der Waals surface area contributed by atoms with E-state index < -0.39 is 0 Å². The molecule has 1 heterocycles. The van der Waals surface area contributed by atoms with E-state index in [9.17, 15) is 9.59 Å². The maximum absolute atomic E-state index is 13.2.